The van der Waals surface area contributed by atoms with E-state index >= 15 is 0 Å². The molecule has 0 bridgehead atoms. The van der Waals surface area contributed by atoms with E-state index in [0.29, 0.717) is 23.3 Å². The van der Waals surface area contributed by atoms with Gasteiger partial charge in [0.15, 0.2) is 0 Å². The van der Waals surface area contributed by atoms with Crippen molar-refractivity contribution in [3.8, 4) is 0 Å². The number of aliphatic hydroxyl groups excluding tert-OH is 2. The minimum Gasteiger partial charge on any atom is -0.396 e. The molecule has 0 aromatic carbocycles. The van der Waals surface area contributed by atoms with Crippen molar-refractivity contribution in [1.82, 2.24) is 0 Å². The largest absolute Gasteiger partial charge is 0.396 e. The minimum atomic E-state index is -3.56. The second-order valence-electron chi connectivity index (χ2n) is 11.9. The van der Waals surface area contributed by atoms with Crippen LogP contribution in [-0.2, 0) is 4.74 Å². The highest BCUT2D eigenvalue weighted by Crippen LogP contribution is 2.60. The Morgan fingerprint density at radius 2 is 2.03 bits per heavy atom. The zero-order valence-corrected chi connectivity index (χ0v) is 21.9. The summed E-state index contributed by atoms with van der Waals surface area (Å²) >= 11 is 0. The summed E-state index contributed by atoms with van der Waals surface area (Å²) in [6.45, 7) is 5.51. The van der Waals surface area contributed by atoms with Gasteiger partial charge in [-0.3, -0.25) is 0 Å². The van der Waals surface area contributed by atoms with Crippen molar-refractivity contribution in [2.75, 3.05) is 13.1 Å². The van der Waals surface area contributed by atoms with E-state index in [2.05, 4.69) is 26.5 Å². The van der Waals surface area contributed by atoms with Gasteiger partial charge >= 0.3 is 0 Å². The second kappa shape index (κ2) is 12.0. The maximum Gasteiger partial charge on any atom is 0.114 e. The fourth-order valence-electron chi connectivity index (χ4n) is 6.99. The van der Waals surface area contributed by atoms with Crippen LogP contribution in [-0.4, -0.2) is 57.5 Å². The Kier molecular flexibility index (Phi) is 7.23. The fourth-order valence-corrected chi connectivity index (χ4v) is 6.99. The van der Waals surface area contributed by atoms with Gasteiger partial charge in [-0.15, -0.1) is 0 Å². The van der Waals surface area contributed by atoms with Gasteiger partial charge in [0.25, 0.3) is 0 Å². The van der Waals surface area contributed by atoms with Crippen LogP contribution in [0, 0.1) is 23.2 Å². The topological polar surface area (TPSA) is 90.2 Å². The molecule has 0 heterocycles. The van der Waals surface area contributed by atoms with Gasteiger partial charge in [-0.25, -0.2) is 0 Å². The smallest absolute Gasteiger partial charge is 0.114 e. The van der Waals surface area contributed by atoms with Crippen LogP contribution in [0.2, 0.25) is 0 Å². The SMILES string of the molecule is [2H]C([2H])(O)C([2H])([2H])C([2H])([2H])O[C@@H]1[C@H](O)C/C(=C\C=C2\CCC[C@@]3(C)C2CC[C@@H]3[C@H](C)CCCC(C)(C)O)C(=C)[C@H]1O. The molecule has 5 heteroatoms. The Morgan fingerprint density at radius 1 is 1.29 bits per heavy atom. The molecule has 35 heavy (non-hydrogen) atoms. The number of hydrogen-bond acceptors (Lipinski definition) is 5. The van der Waals surface area contributed by atoms with Gasteiger partial charge in [0, 0.05) is 22.3 Å². The molecule has 0 amide bonds. The highest BCUT2D eigenvalue weighted by molar-refractivity contribution is 5.40. The molecule has 4 N–H and O–H groups in total. The van der Waals surface area contributed by atoms with Gasteiger partial charge in [0.05, 0.1) is 17.2 Å². The van der Waals surface area contributed by atoms with Crippen LogP contribution in [0.15, 0.2) is 35.5 Å². The average Bonchev–Trinajstić information content (AvgIpc) is 3.19. The normalized spacial score (nSPS) is 40.9. The van der Waals surface area contributed by atoms with Crippen molar-refractivity contribution in [2.45, 2.75) is 116 Å². The van der Waals surface area contributed by atoms with E-state index in [1.165, 1.54) is 18.4 Å². The fraction of sp³-hybridized carbons (Fsp3) is 0.800. The van der Waals surface area contributed by atoms with Crippen molar-refractivity contribution < 1.29 is 33.4 Å². The van der Waals surface area contributed by atoms with Crippen LogP contribution < -0.4 is 0 Å². The monoisotopic (exact) mass is 496 g/mol. The predicted octanol–water partition coefficient (Wildman–Crippen LogP) is 5.08. The lowest BCUT2D eigenvalue weighted by Gasteiger charge is -2.44. The van der Waals surface area contributed by atoms with Gasteiger partial charge < -0.3 is 25.2 Å². The van der Waals surface area contributed by atoms with Gasteiger partial charge in [-0.2, -0.15) is 0 Å². The Bertz CT molecular complexity index is 1010. The molecule has 0 spiro atoms. The molecule has 0 aromatic rings. The molecule has 3 saturated carbocycles. The lowest BCUT2D eigenvalue weighted by molar-refractivity contribution is -0.0968. The molecule has 7 atom stereocenters. The number of fused-ring (bicyclic) bond motifs is 1. The van der Waals surface area contributed by atoms with Crippen molar-refractivity contribution in [3.63, 3.8) is 0 Å². The number of allylic oxidation sites excluding steroid dienone is 3. The van der Waals surface area contributed by atoms with Crippen molar-refractivity contribution >= 4 is 0 Å². The zero-order valence-electron chi connectivity index (χ0n) is 27.9. The van der Waals surface area contributed by atoms with Gasteiger partial charge in [0.2, 0.25) is 0 Å². The third-order valence-electron chi connectivity index (χ3n) is 8.86. The molecule has 3 rings (SSSR count). The van der Waals surface area contributed by atoms with Crippen molar-refractivity contribution in [2.24, 2.45) is 23.2 Å². The summed E-state index contributed by atoms with van der Waals surface area (Å²) in [5.41, 5.74) is 1.73. The molecule has 3 fully saturated rings. The highest BCUT2D eigenvalue weighted by atomic mass is 16.5. The van der Waals surface area contributed by atoms with Gasteiger partial charge in [-0.1, -0.05) is 51.0 Å². The molecule has 0 aliphatic heterocycles. The molecular formula is C30H50O5. The lowest BCUT2D eigenvalue weighted by atomic mass is 9.60. The average molecular weight is 497 g/mol. The number of aliphatic hydroxyl groups is 4. The summed E-state index contributed by atoms with van der Waals surface area (Å²) in [5, 5.41) is 41.2. The lowest BCUT2D eigenvalue weighted by Crippen LogP contribution is -2.45. The van der Waals surface area contributed by atoms with Crippen LogP contribution in [0.4, 0.5) is 0 Å². The quantitative estimate of drug-likeness (QED) is 0.339. The number of rotatable bonds is 10. The summed E-state index contributed by atoms with van der Waals surface area (Å²) in [5.74, 6) is 1.62. The third-order valence-corrected chi connectivity index (χ3v) is 8.86. The van der Waals surface area contributed by atoms with Crippen LogP contribution in [0.3, 0.4) is 0 Å². The Balaban J connectivity index is 1.73. The maximum atomic E-state index is 10.8. The summed E-state index contributed by atoms with van der Waals surface area (Å²) < 4.78 is 50.8. The van der Waals surface area contributed by atoms with Crippen molar-refractivity contribution in [1.29, 1.82) is 0 Å². The molecule has 3 aliphatic rings. The highest BCUT2D eigenvalue weighted by Gasteiger charge is 2.50. The first-order chi connectivity index (χ1) is 18.6. The Morgan fingerprint density at radius 3 is 2.71 bits per heavy atom. The standard InChI is InChI=1S/C30H50O5/c1-20(9-6-15-29(3,4)34)24-13-14-25-22(10-7-16-30(24,25)5)11-12-23-19-26(32)28(27(33)21(23)2)35-18-8-17-31/h11-12,20,24-28,31-34H,2,6-10,13-19H2,1,3-5H3/b22-11-,23-12+/t20-,24-,25?,26-,27-,28-,30-/m1/s1/i8D2,17D2,18D2. The summed E-state index contributed by atoms with van der Waals surface area (Å²) in [6, 6.07) is 0. The molecule has 5 nitrogen and oxygen atoms in total. The molecule has 1 unspecified atom stereocenters. The van der Waals surface area contributed by atoms with E-state index in [4.69, 9.17) is 13.0 Å². The van der Waals surface area contributed by atoms with Crippen LogP contribution in [0.5, 0.6) is 0 Å². The molecule has 0 radical (unpaired) electrons. The molecule has 200 valence electrons. The molecule has 0 aromatic heterocycles. The van der Waals surface area contributed by atoms with Crippen LogP contribution in [0.25, 0.3) is 0 Å². The molecule has 3 aliphatic carbocycles. The number of hydrogen-bond donors (Lipinski definition) is 4. The van der Waals surface area contributed by atoms with Crippen molar-refractivity contribution in [3.05, 3.63) is 35.5 Å². The zero-order chi connectivity index (χ0) is 31.2. The first-order valence-corrected chi connectivity index (χ1v) is 13.2. The summed E-state index contributed by atoms with van der Waals surface area (Å²) in [6.07, 6.45) is 4.38. The van der Waals surface area contributed by atoms with Gasteiger partial charge in [-0.05, 0) is 93.1 Å². The van der Waals surface area contributed by atoms with Gasteiger partial charge in [0.1, 0.15) is 12.2 Å². The molecular weight excluding hydrogens is 440 g/mol. The second-order valence-corrected chi connectivity index (χ2v) is 11.9. The third kappa shape index (κ3) is 6.87. The maximum absolute atomic E-state index is 10.8. The Hall–Kier alpha value is -0.980. The predicted molar refractivity (Wildman–Crippen MR) is 141 cm³/mol. The summed E-state index contributed by atoms with van der Waals surface area (Å²) in [4.78, 5) is 0. The molecule has 0 saturated heterocycles. The van der Waals surface area contributed by atoms with E-state index in [0.717, 1.165) is 38.5 Å². The summed E-state index contributed by atoms with van der Waals surface area (Å²) in [7, 11) is 0. The van der Waals surface area contributed by atoms with E-state index in [1.54, 1.807) is 0 Å². The number of ether oxygens (including phenoxy) is 1. The van der Waals surface area contributed by atoms with Crippen LogP contribution >= 0.6 is 0 Å². The first-order valence-electron chi connectivity index (χ1n) is 16.2. The van der Waals surface area contributed by atoms with Crippen LogP contribution in [0.1, 0.15) is 100 Å². The van der Waals surface area contributed by atoms with E-state index in [9.17, 15) is 20.4 Å². The first kappa shape index (κ1) is 21.0. The van der Waals surface area contributed by atoms with E-state index < -0.39 is 43.4 Å². The minimum absolute atomic E-state index is 0.00175. The van der Waals surface area contributed by atoms with E-state index in [-0.39, 0.29) is 17.4 Å². The Labute approximate surface area is 221 Å². The van der Waals surface area contributed by atoms with E-state index in [1.807, 2.05) is 19.9 Å².